The highest BCUT2D eigenvalue weighted by Gasteiger charge is 2.30. The molecule has 1 aliphatic heterocycles. The third-order valence-corrected chi connectivity index (χ3v) is 3.71. The van der Waals surface area contributed by atoms with E-state index in [9.17, 15) is 0 Å². The van der Waals surface area contributed by atoms with Crippen molar-refractivity contribution in [2.75, 3.05) is 13.6 Å². The molecule has 0 radical (unpaired) electrons. The highest BCUT2D eigenvalue weighted by Crippen LogP contribution is 2.31. The van der Waals surface area contributed by atoms with Gasteiger partial charge in [-0.25, -0.2) is 0 Å². The molecular weight excluding hydrogens is 146 g/mol. The monoisotopic (exact) mass is 169 g/mol. The molecule has 0 aromatic heterocycles. The fourth-order valence-corrected chi connectivity index (χ4v) is 2.77. The number of piperidine rings is 1. The Kier molecular flexibility index (Phi) is 3.57. The van der Waals surface area contributed by atoms with Crippen molar-refractivity contribution >= 4 is 0 Å². The fraction of sp³-hybridized carbons (Fsp3) is 1.00. The van der Waals surface area contributed by atoms with Crippen LogP contribution in [0.2, 0.25) is 0 Å². The minimum Gasteiger partial charge on any atom is -0.303 e. The van der Waals surface area contributed by atoms with Crippen LogP contribution in [0.25, 0.3) is 0 Å². The molecule has 0 aromatic carbocycles. The Hall–Kier alpha value is -0.0400. The molecule has 0 spiro atoms. The lowest BCUT2D eigenvalue weighted by Crippen LogP contribution is -2.45. The topological polar surface area (TPSA) is 3.24 Å². The Morgan fingerprint density at radius 3 is 2.42 bits per heavy atom. The molecule has 0 saturated carbocycles. The molecule has 0 bridgehead atoms. The van der Waals surface area contributed by atoms with Gasteiger partial charge >= 0.3 is 0 Å². The molecule has 0 aliphatic carbocycles. The lowest BCUT2D eigenvalue weighted by atomic mass is 9.79. The summed E-state index contributed by atoms with van der Waals surface area (Å²) in [5.74, 6) is 1.88. The van der Waals surface area contributed by atoms with Crippen molar-refractivity contribution in [1.29, 1.82) is 0 Å². The molecule has 0 amide bonds. The molecule has 1 saturated heterocycles. The maximum Gasteiger partial charge on any atom is 0.0118 e. The van der Waals surface area contributed by atoms with E-state index in [1.54, 1.807) is 0 Å². The summed E-state index contributed by atoms with van der Waals surface area (Å²) in [6.07, 6.45) is 4.09. The van der Waals surface area contributed by atoms with Crippen LogP contribution < -0.4 is 0 Å². The Bertz CT molecular complexity index is 133. The summed E-state index contributed by atoms with van der Waals surface area (Å²) in [6.45, 7) is 8.38. The third kappa shape index (κ3) is 1.82. The van der Waals surface area contributed by atoms with E-state index >= 15 is 0 Å². The molecule has 1 rings (SSSR count). The minimum atomic E-state index is 0.837. The normalized spacial score (nSPS) is 38.5. The highest BCUT2D eigenvalue weighted by atomic mass is 15.1. The first kappa shape index (κ1) is 10.0. The smallest absolute Gasteiger partial charge is 0.0118 e. The zero-order valence-electron chi connectivity index (χ0n) is 9.01. The summed E-state index contributed by atoms with van der Waals surface area (Å²) in [5.41, 5.74) is 0. The van der Waals surface area contributed by atoms with Crippen molar-refractivity contribution in [3.05, 3.63) is 0 Å². The van der Waals surface area contributed by atoms with Crippen LogP contribution in [0.5, 0.6) is 0 Å². The van der Waals surface area contributed by atoms with Gasteiger partial charge < -0.3 is 4.90 Å². The first-order chi connectivity index (χ1) is 5.70. The van der Waals surface area contributed by atoms with E-state index in [1.165, 1.54) is 25.8 Å². The number of rotatable bonds is 2. The van der Waals surface area contributed by atoms with Gasteiger partial charge in [-0.15, -0.1) is 0 Å². The van der Waals surface area contributed by atoms with Gasteiger partial charge in [0.1, 0.15) is 0 Å². The Labute approximate surface area is 77.1 Å². The van der Waals surface area contributed by atoms with Crippen LogP contribution in [-0.4, -0.2) is 24.5 Å². The molecule has 0 aromatic rings. The van der Waals surface area contributed by atoms with Gasteiger partial charge in [-0.2, -0.15) is 0 Å². The number of nitrogens with zero attached hydrogens (tertiary/aromatic N) is 1. The SMILES string of the molecule is CCC1CCN(C)C(CC)C1C. The summed E-state index contributed by atoms with van der Waals surface area (Å²) >= 11 is 0. The van der Waals surface area contributed by atoms with E-state index in [0.717, 1.165) is 17.9 Å². The van der Waals surface area contributed by atoms with E-state index in [4.69, 9.17) is 0 Å². The van der Waals surface area contributed by atoms with Crippen LogP contribution in [0.15, 0.2) is 0 Å². The molecule has 1 heteroatoms. The molecule has 3 atom stereocenters. The van der Waals surface area contributed by atoms with Crippen LogP contribution in [0.4, 0.5) is 0 Å². The van der Waals surface area contributed by atoms with E-state index in [-0.39, 0.29) is 0 Å². The Morgan fingerprint density at radius 1 is 1.25 bits per heavy atom. The summed E-state index contributed by atoms with van der Waals surface area (Å²) < 4.78 is 0. The predicted molar refractivity (Wildman–Crippen MR) is 54.3 cm³/mol. The van der Waals surface area contributed by atoms with Crippen LogP contribution >= 0.6 is 0 Å². The summed E-state index contributed by atoms with van der Waals surface area (Å²) in [6, 6.07) is 0.837. The minimum absolute atomic E-state index is 0.837. The zero-order valence-corrected chi connectivity index (χ0v) is 9.01. The number of hydrogen-bond acceptors (Lipinski definition) is 1. The average molecular weight is 169 g/mol. The van der Waals surface area contributed by atoms with Crippen LogP contribution in [0.3, 0.4) is 0 Å². The molecule has 72 valence electrons. The van der Waals surface area contributed by atoms with Crippen molar-refractivity contribution < 1.29 is 0 Å². The first-order valence-electron chi connectivity index (χ1n) is 5.40. The lowest BCUT2D eigenvalue weighted by Gasteiger charge is -2.42. The van der Waals surface area contributed by atoms with Gasteiger partial charge in [0.15, 0.2) is 0 Å². The van der Waals surface area contributed by atoms with Gasteiger partial charge in [0.2, 0.25) is 0 Å². The zero-order chi connectivity index (χ0) is 9.14. The van der Waals surface area contributed by atoms with Crippen molar-refractivity contribution in [3.63, 3.8) is 0 Å². The molecule has 12 heavy (non-hydrogen) atoms. The Morgan fingerprint density at radius 2 is 1.92 bits per heavy atom. The molecule has 1 fully saturated rings. The van der Waals surface area contributed by atoms with Crippen LogP contribution in [-0.2, 0) is 0 Å². The van der Waals surface area contributed by atoms with Gasteiger partial charge in [0, 0.05) is 6.04 Å². The van der Waals surface area contributed by atoms with Gasteiger partial charge in [-0.05, 0) is 38.3 Å². The van der Waals surface area contributed by atoms with Gasteiger partial charge in [-0.3, -0.25) is 0 Å². The second kappa shape index (κ2) is 4.27. The fourth-order valence-electron chi connectivity index (χ4n) is 2.77. The summed E-state index contributed by atoms with van der Waals surface area (Å²) in [5, 5.41) is 0. The molecule has 1 nitrogen and oxygen atoms in total. The summed E-state index contributed by atoms with van der Waals surface area (Å²) in [7, 11) is 2.27. The van der Waals surface area contributed by atoms with E-state index in [1.807, 2.05) is 0 Å². The van der Waals surface area contributed by atoms with Gasteiger partial charge in [-0.1, -0.05) is 27.2 Å². The molecule has 1 heterocycles. The molecule has 1 aliphatic rings. The quantitative estimate of drug-likeness (QED) is 0.614. The molecular formula is C11H23N. The van der Waals surface area contributed by atoms with Crippen molar-refractivity contribution in [2.45, 2.75) is 46.1 Å². The van der Waals surface area contributed by atoms with E-state index < -0.39 is 0 Å². The van der Waals surface area contributed by atoms with Crippen molar-refractivity contribution in [2.24, 2.45) is 11.8 Å². The van der Waals surface area contributed by atoms with Crippen LogP contribution in [0.1, 0.15) is 40.0 Å². The Balaban J connectivity index is 2.56. The maximum atomic E-state index is 2.54. The highest BCUT2D eigenvalue weighted by molar-refractivity contribution is 4.84. The maximum absolute atomic E-state index is 2.54. The van der Waals surface area contributed by atoms with Crippen molar-refractivity contribution in [3.8, 4) is 0 Å². The van der Waals surface area contributed by atoms with E-state index in [0.29, 0.717) is 0 Å². The molecule has 0 N–H and O–H groups in total. The summed E-state index contributed by atoms with van der Waals surface area (Å²) in [4.78, 5) is 2.54. The van der Waals surface area contributed by atoms with Crippen LogP contribution in [0, 0.1) is 11.8 Å². The lowest BCUT2D eigenvalue weighted by molar-refractivity contribution is 0.0748. The number of hydrogen-bond donors (Lipinski definition) is 0. The van der Waals surface area contributed by atoms with E-state index in [2.05, 4.69) is 32.7 Å². The van der Waals surface area contributed by atoms with Gasteiger partial charge in [0.25, 0.3) is 0 Å². The number of likely N-dealkylation sites (tertiary alicyclic amines) is 1. The second-order valence-corrected chi connectivity index (χ2v) is 4.27. The third-order valence-electron chi connectivity index (χ3n) is 3.71. The first-order valence-corrected chi connectivity index (χ1v) is 5.40. The standard InChI is InChI=1S/C11H23N/c1-5-10-7-8-12(4)11(6-2)9(10)3/h9-11H,5-8H2,1-4H3. The molecule has 3 unspecified atom stereocenters. The van der Waals surface area contributed by atoms with Gasteiger partial charge in [0.05, 0.1) is 0 Å². The average Bonchev–Trinajstić information content (AvgIpc) is 2.06. The van der Waals surface area contributed by atoms with Crippen molar-refractivity contribution in [1.82, 2.24) is 4.90 Å². The largest absolute Gasteiger partial charge is 0.303 e. The predicted octanol–water partition coefficient (Wildman–Crippen LogP) is 2.76. The second-order valence-electron chi connectivity index (χ2n) is 4.27.